The molecule has 7 nitrogen and oxygen atoms in total. The van der Waals surface area contributed by atoms with Gasteiger partial charge in [-0.15, -0.1) is 0 Å². The Morgan fingerprint density at radius 2 is 1.84 bits per heavy atom. The highest BCUT2D eigenvalue weighted by molar-refractivity contribution is 6.04. The summed E-state index contributed by atoms with van der Waals surface area (Å²) in [6.45, 7) is 16.6. The number of amides is 1. The Kier molecular flexibility index (Phi) is 5.98. The van der Waals surface area contributed by atoms with Gasteiger partial charge in [0.2, 0.25) is 0 Å². The number of ether oxygens (including phenoxy) is 1. The normalized spacial score (nSPS) is 12.1. The number of carbonyl (C=O) groups is 1. The van der Waals surface area contributed by atoms with Gasteiger partial charge in [-0.1, -0.05) is 32.0 Å². The van der Waals surface area contributed by atoms with Crippen molar-refractivity contribution in [2.24, 2.45) is 0 Å². The monoisotopic (exact) mass is 424 g/mol. The molecule has 0 aliphatic rings. The molecule has 2 aromatic heterocycles. The Bertz CT molecular complexity index is 1060. The van der Waals surface area contributed by atoms with E-state index in [2.05, 4.69) is 52.0 Å². The number of nitrogens with one attached hydrogen (secondary N) is 1. The van der Waals surface area contributed by atoms with Crippen LogP contribution in [0.15, 0.2) is 34.9 Å². The van der Waals surface area contributed by atoms with E-state index in [1.54, 1.807) is 18.2 Å². The van der Waals surface area contributed by atoms with E-state index in [0.29, 0.717) is 23.7 Å². The van der Waals surface area contributed by atoms with Crippen LogP contribution in [0.5, 0.6) is 5.75 Å². The molecule has 3 rings (SSSR count). The molecule has 0 saturated heterocycles. The summed E-state index contributed by atoms with van der Waals surface area (Å²) in [4.78, 5) is 13.0. The number of aromatic nitrogens is 3. The molecule has 166 valence electrons. The quantitative estimate of drug-likeness (QED) is 0.595. The first-order valence-electron chi connectivity index (χ1n) is 10.4. The first-order valence-corrected chi connectivity index (χ1v) is 10.4. The lowest BCUT2D eigenvalue weighted by Crippen LogP contribution is -2.27. The van der Waals surface area contributed by atoms with Gasteiger partial charge < -0.3 is 14.6 Å². The molecule has 0 spiro atoms. The average Bonchev–Trinajstić information content (AvgIpc) is 3.24. The number of benzene rings is 1. The Morgan fingerprint density at radius 1 is 1.13 bits per heavy atom. The molecule has 0 fully saturated rings. The summed E-state index contributed by atoms with van der Waals surface area (Å²) >= 11 is 0. The van der Waals surface area contributed by atoms with Gasteiger partial charge in [0.05, 0.1) is 22.5 Å². The number of hydrogen-bond acceptors (Lipinski definition) is 5. The van der Waals surface area contributed by atoms with E-state index in [-0.39, 0.29) is 16.9 Å². The summed E-state index contributed by atoms with van der Waals surface area (Å²) in [5, 5.41) is 11.7. The van der Waals surface area contributed by atoms with Crippen LogP contribution in [0.4, 0.5) is 5.82 Å². The van der Waals surface area contributed by atoms with Gasteiger partial charge in [0.1, 0.15) is 23.9 Å². The highest BCUT2D eigenvalue weighted by Gasteiger charge is 2.26. The van der Waals surface area contributed by atoms with E-state index in [9.17, 15) is 4.79 Å². The lowest BCUT2D eigenvalue weighted by atomic mass is 9.92. The Hall–Kier alpha value is -3.09. The Morgan fingerprint density at radius 3 is 2.42 bits per heavy atom. The molecule has 0 aliphatic heterocycles. The van der Waals surface area contributed by atoms with Crippen LogP contribution in [0.1, 0.15) is 74.6 Å². The minimum absolute atomic E-state index is 0.123. The van der Waals surface area contributed by atoms with Crippen LogP contribution < -0.4 is 10.1 Å². The van der Waals surface area contributed by atoms with Crippen LogP contribution in [0.25, 0.3) is 0 Å². The second-order valence-electron chi connectivity index (χ2n) is 9.82. The van der Waals surface area contributed by atoms with E-state index in [1.165, 1.54) is 0 Å². The molecule has 0 saturated carbocycles. The third-order valence-corrected chi connectivity index (χ3v) is 5.02. The largest absolute Gasteiger partial charge is 0.489 e. The van der Waals surface area contributed by atoms with Gasteiger partial charge in [-0.05, 0) is 52.8 Å². The molecule has 3 aromatic rings. The maximum atomic E-state index is 13.0. The second kappa shape index (κ2) is 8.21. The molecule has 1 amide bonds. The van der Waals surface area contributed by atoms with E-state index in [0.717, 1.165) is 22.7 Å². The van der Waals surface area contributed by atoms with Crippen molar-refractivity contribution < 1.29 is 14.1 Å². The van der Waals surface area contributed by atoms with Crippen molar-refractivity contribution in [2.45, 2.75) is 73.0 Å². The maximum Gasteiger partial charge on any atom is 0.256 e. The van der Waals surface area contributed by atoms with Crippen molar-refractivity contribution in [1.29, 1.82) is 0 Å². The van der Waals surface area contributed by atoms with Gasteiger partial charge in [-0.3, -0.25) is 4.79 Å². The molecule has 1 N–H and O–H groups in total. The Labute approximate surface area is 183 Å². The fraction of sp³-hybridized carbons (Fsp3) is 0.458. The zero-order valence-electron chi connectivity index (χ0n) is 19.7. The summed E-state index contributed by atoms with van der Waals surface area (Å²) in [5.41, 5.74) is 2.76. The van der Waals surface area contributed by atoms with Gasteiger partial charge in [0.25, 0.3) is 5.91 Å². The number of aryl methyl sites for hydroxylation is 2. The molecule has 1 aromatic carbocycles. The fourth-order valence-electron chi connectivity index (χ4n) is 3.13. The number of anilines is 1. The van der Waals surface area contributed by atoms with E-state index < -0.39 is 0 Å². The third kappa shape index (κ3) is 5.16. The molecule has 0 aliphatic carbocycles. The highest BCUT2D eigenvalue weighted by atomic mass is 16.5. The minimum atomic E-state index is -0.272. The molecular formula is C24H32N4O3. The van der Waals surface area contributed by atoms with Crippen LogP contribution in [-0.2, 0) is 17.6 Å². The van der Waals surface area contributed by atoms with Gasteiger partial charge in [0.15, 0.2) is 0 Å². The van der Waals surface area contributed by atoms with Crippen molar-refractivity contribution in [3.8, 4) is 5.75 Å². The van der Waals surface area contributed by atoms with Crippen molar-refractivity contribution in [2.75, 3.05) is 5.32 Å². The van der Waals surface area contributed by atoms with Crippen molar-refractivity contribution in [3.05, 3.63) is 58.6 Å². The molecule has 2 heterocycles. The van der Waals surface area contributed by atoms with Crippen LogP contribution in [0.3, 0.4) is 0 Å². The zero-order chi connectivity index (χ0) is 23.0. The number of hydrogen-bond donors (Lipinski definition) is 1. The molecule has 0 atom stereocenters. The highest BCUT2D eigenvalue weighted by Crippen LogP contribution is 2.28. The second-order valence-corrected chi connectivity index (χ2v) is 9.82. The number of rotatable bonds is 5. The summed E-state index contributed by atoms with van der Waals surface area (Å²) in [6.07, 6.45) is 0. The number of carbonyl (C=O) groups excluding carboxylic acids is 1. The first kappa shape index (κ1) is 22.6. The number of nitrogens with zero attached hydrogens (tertiary/aromatic N) is 3. The molecule has 0 radical (unpaired) electrons. The van der Waals surface area contributed by atoms with Gasteiger partial charge in [0, 0.05) is 17.0 Å². The fourth-order valence-corrected chi connectivity index (χ4v) is 3.13. The van der Waals surface area contributed by atoms with Crippen LogP contribution in [-0.4, -0.2) is 20.8 Å². The zero-order valence-corrected chi connectivity index (χ0v) is 19.7. The lowest BCUT2D eigenvalue weighted by Gasteiger charge is -2.23. The van der Waals surface area contributed by atoms with E-state index in [4.69, 9.17) is 14.4 Å². The van der Waals surface area contributed by atoms with E-state index in [1.807, 2.05) is 30.7 Å². The average molecular weight is 425 g/mol. The molecule has 7 heteroatoms. The topological polar surface area (TPSA) is 82.2 Å². The van der Waals surface area contributed by atoms with Crippen molar-refractivity contribution in [3.63, 3.8) is 0 Å². The van der Waals surface area contributed by atoms with Crippen LogP contribution >= 0.6 is 0 Å². The minimum Gasteiger partial charge on any atom is -0.489 e. The summed E-state index contributed by atoms with van der Waals surface area (Å²) in [7, 11) is 0. The van der Waals surface area contributed by atoms with Crippen molar-refractivity contribution in [1.82, 2.24) is 14.9 Å². The summed E-state index contributed by atoms with van der Waals surface area (Å²) < 4.78 is 12.9. The predicted molar refractivity (Wildman–Crippen MR) is 121 cm³/mol. The molecular weight excluding hydrogens is 392 g/mol. The summed E-state index contributed by atoms with van der Waals surface area (Å²) in [5.74, 6) is 1.79. The first-order chi connectivity index (χ1) is 14.4. The lowest BCUT2D eigenvalue weighted by molar-refractivity contribution is 0.102. The van der Waals surface area contributed by atoms with Crippen LogP contribution in [0, 0.1) is 13.8 Å². The van der Waals surface area contributed by atoms with Gasteiger partial charge in [-0.25, -0.2) is 4.68 Å². The van der Waals surface area contributed by atoms with E-state index >= 15 is 0 Å². The van der Waals surface area contributed by atoms with Gasteiger partial charge in [-0.2, -0.15) is 5.10 Å². The summed E-state index contributed by atoms with van der Waals surface area (Å²) in [6, 6.07) is 9.07. The third-order valence-electron chi connectivity index (χ3n) is 5.02. The standard InChI is InChI=1S/C24H32N4O3/c1-15-19(16(2)31-27-15)14-30-18-11-9-10-17(12-18)22(29)25-21-13-20(23(3,4)5)26-28(21)24(6,7)8/h9-13H,14H2,1-8H3,(H,25,29). The smallest absolute Gasteiger partial charge is 0.256 e. The molecule has 0 unspecified atom stereocenters. The Balaban J connectivity index is 1.80. The van der Waals surface area contributed by atoms with Crippen molar-refractivity contribution >= 4 is 11.7 Å². The predicted octanol–water partition coefficient (Wildman–Crippen LogP) is 5.37. The van der Waals surface area contributed by atoms with Crippen LogP contribution in [0.2, 0.25) is 0 Å². The van der Waals surface area contributed by atoms with Gasteiger partial charge >= 0.3 is 0 Å². The SMILES string of the molecule is Cc1noc(C)c1COc1cccc(C(=O)Nc2cc(C(C)(C)C)nn2C(C)(C)C)c1. The molecule has 0 bridgehead atoms. The molecule has 31 heavy (non-hydrogen) atoms. The maximum absolute atomic E-state index is 13.0.